The minimum atomic E-state index is -4.64. The van der Waals surface area contributed by atoms with Gasteiger partial charge in [0.25, 0.3) is 20.0 Å². The highest BCUT2D eigenvalue weighted by molar-refractivity contribution is 7.93. The summed E-state index contributed by atoms with van der Waals surface area (Å²) in [6, 6.07) is 21.8. The van der Waals surface area contributed by atoms with Crippen molar-refractivity contribution in [3.05, 3.63) is 114 Å². The third-order valence-corrected chi connectivity index (χ3v) is 9.82. The number of carbonyl (C=O) groups excluding carboxylic acids is 1. The van der Waals surface area contributed by atoms with Crippen LogP contribution < -0.4 is 14.3 Å². The van der Waals surface area contributed by atoms with Gasteiger partial charge in [-0.05, 0) is 85.1 Å². The Morgan fingerprint density at radius 3 is 1.95 bits per heavy atom. The molecule has 44 heavy (non-hydrogen) atoms. The van der Waals surface area contributed by atoms with Gasteiger partial charge in [0.05, 0.1) is 21.0 Å². The second kappa shape index (κ2) is 12.7. The molecule has 0 fully saturated rings. The summed E-state index contributed by atoms with van der Waals surface area (Å²) in [5.74, 6) is -0.479. The number of halogens is 3. The van der Waals surface area contributed by atoms with Crippen molar-refractivity contribution in [3.63, 3.8) is 0 Å². The van der Waals surface area contributed by atoms with E-state index in [4.69, 9.17) is 0 Å². The summed E-state index contributed by atoms with van der Waals surface area (Å²) in [6.07, 6.45) is -4.64. The van der Waals surface area contributed by atoms with Crippen molar-refractivity contribution in [2.24, 2.45) is 0 Å². The van der Waals surface area contributed by atoms with Gasteiger partial charge < -0.3 is 5.32 Å². The molecule has 4 aromatic rings. The number of nitrogens with zero attached hydrogens (tertiary/aromatic N) is 1. The van der Waals surface area contributed by atoms with Gasteiger partial charge in [0, 0.05) is 11.4 Å². The topological polar surface area (TPSA) is 113 Å². The van der Waals surface area contributed by atoms with E-state index in [1.54, 1.807) is 36.4 Å². The number of aryl methyl sites for hydroxylation is 1. The van der Waals surface area contributed by atoms with Crippen LogP contribution in [-0.4, -0.2) is 29.3 Å². The van der Waals surface area contributed by atoms with Gasteiger partial charge in [0.15, 0.2) is 0 Å². The summed E-state index contributed by atoms with van der Waals surface area (Å²) in [5.41, 5.74) is 1.04. The molecular weight excluding hydrogens is 615 g/mol. The molecular formula is C31H30F3N3O5S2. The lowest BCUT2D eigenvalue weighted by Gasteiger charge is -2.24. The van der Waals surface area contributed by atoms with Gasteiger partial charge in [-0.3, -0.25) is 13.8 Å². The zero-order valence-corrected chi connectivity index (χ0v) is 25.6. The van der Waals surface area contributed by atoms with Crippen LogP contribution in [0.25, 0.3) is 0 Å². The molecule has 4 rings (SSSR count). The number of hydrogen-bond acceptors (Lipinski definition) is 5. The van der Waals surface area contributed by atoms with E-state index in [0.29, 0.717) is 6.07 Å². The first-order chi connectivity index (χ1) is 20.6. The molecule has 0 atom stereocenters. The van der Waals surface area contributed by atoms with Crippen LogP contribution >= 0.6 is 0 Å². The zero-order valence-electron chi connectivity index (χ0n) is 24.0. The van der Waals surface area contributed by atoms with Crippen LogP contribution in [-0.2, 0) is 31.0 Å². The van der Waals surface area contributed by atoms with Crippen molar-refractivity contribution in [3.8, 4) is 0 Å². The minimum Gasteiger partial charge on any atom is -0.325 e. The molecule has 0 radical (unpaired) electrons. The lowest BCUT2D eigenvalue weighted by atomic mass is 10.0. The fraction of sp³-hybridized carbons (Fsp3) is 0.194. The molecule has 232 valence electrons. The van der Waals surface area contributed by atoms with Crippen molar-refractivity contribution < 1.29 is 34.8 Å². The first-order valence-corrected chi connectivity index (χ1v) is 16.3. The van der Waals surface area contributed by atoms with Crippen LogP contribution in [0.4, 0.5) is 30.2 Å². The number of carbonyl (C=O) groups is 1. The molecule has 13 heteroatoms. The van der Waals surface area contributed by atoms with Gasteiger partial charge in [-0.1, -0.05) is 49.7 Å². The Bertz CT molecular complexity index is 1840. The molecule has 0 aliphatic heterocycles. The van der Waals surface area contributed by atoms with E-state index >= 15 is 0 Å². The fourth-order valence-corrected chi connectivity index (χ4v) is 6.67. The summed E-state index contributed by atoms with van der Waals surface area (Å²) >= 11 is 0. The van der Waals surface area contributed by atoms with Gasteiger partial charge in [0.1, 0.15) is 6.54 Å². The number of anilines is 3. The quantitative estimate of drug-likeness (QED) is 0.198. The van der Waals surface area contributed by atoms with E-state index < -0.39 is 44.2 Å². The van der Waals surface area contributed by atoms with Crippen molar-refractivity contribution in [1.29, 1.82) is 0 Å². The molecule has 0 saturated carbocycles. The molecule has 0 aromatic heterocycles. The van der Waals surface area contributed by atoms with Crippen molar-refractivity contribution in [2.75, 3.05) is 20.9 Å². The zero-order chi connectivity index (χ0) is 32.3. The van der Waals surface area contributed by atoms with Gasteiger partial charge in [-0.2, -0.15) is 13.2 Å². The summed E-state index contributed by atoms with van der Waals surface area (Å²) in [6.45, 7) is 5.25. The van der Waals surface area contributed by atoms with Crippen LogP contribution in [0, 0.1) is 6.92 Å². The summed E-state index contributed by atoms with van der Waals surface area (Å²) in [7, 11) is -8.40. The fourth-order valence-electron chi connectivity index (χ4n) is 4.20. The highest BCUT2D eigenvalue weighted by Crippen LogP contribution is 2.31. The SMILES string of the molecule is Cc1ccc(S(=O)(=O)N(CC(=O)Nc2ccc(S(=O)(=O)Nc3cccc(C(F)(F)F)c3)cc2)c2ccc(C(C)C)cc2)cc1. The van der Waals surface area contributed by atoms with Crippen LogP contribution in [0.15, 0.2) is 107 Å². The van der Waals surface area contributed by atoms with E-state index in [-0.39, 0.29) is 32.8 Å². The highest BCUT2D eigenvalue weighted by atomic mass is 32.2. The number of amides is 1. The summed E-state index contributed by atoms with van der Waals surface area (Å²) in [4.78, 5) is 12.8. The molecule has 0 bridgehead atoms. The number of hydrogen-bond donors (Lipinski definition) is 2. The number of alkyl halides is 3. The van der Waals surface area contributed by atoms with E-state index in [0.717, 1.165) is 39.7 Å². The first-order valence-electron chi connectivity index (χ1n) is 13.4. The van der Waals surface area contributed by atoms with E-state index in [1.807, 2.05) is 20.8 Å². The molecule has 0 saturated heterocycles. The van der Waals surface area contributed by atoms with Crippen LogP contribution in [0.1, 0.15) is 36.5 Å². The number of sulfonamides is 2. The first kappa shape index (κ1) is 32.6. The third kappa shape index (κ3) is 7.77. The molecule has 0 aliphatic rings. The Hall–Kier alpha value is -4.36. The maximum absolute atomic E-state index is 13.6. The van der Waals surface area contributed by atoms with Crippen LogP contribution in [0.5, 0.6) is 0 Å². The van der Waals surface area contributed by atoms with Crippen LogP contribution in [0.2, 0.25) is 0 Å². The smallest absolute Gasteiger partial charge is 0.325 e. The van der Waals surface area contributed by atoms with Crippen molar-refractivity contribution in [1.82, 2.24) is 0 Å². The Kier molecular flexibility index (Phi) is 9.40. The number of rotatable bonds is 10. The minimum absolute atomic E-state index is 0.00617. The van der Waals surface area contributed by atoms with Crippen molar-refractivity contribution >= 4 is 43.0 Å². The van der Waals surface area contributed by atoms with Gasteiger partial charge in [0.2, 0.25) is 5.91 Å². The van der Waals surface area contributed by atoms with Gasteiger partial charge in [-0.15, -0.1) is 0 Å². The largest absolute Gasteiger partial charge is 0.416 e. The number of benzene rings is 4. The van der Waals surface area contributed by atoms with Gasteiger partial charge in [-0.25, -0.2) is 16.8 Å². The maximum atomic E-state index is 13.6. The van der Waals surface area contributed by atoms with Crippen molar-refractivity contribution in [2.45, 2.75) is 42.7 Å². The lowest BCUT2D eigenvalue weighted by molar-refractivity contribution is -0.137. The summed E-state index contributed by atoms with van der Waals surface area (Å²) < 4.78 is 95.0. The summed E-state index contributed by atoms with van der Waals surface area (Å²) in [5, 5.41) is 2.57. The molecule has 0 aliphatic carbocycles. The second-order valence-electron chi connectivity index (χ2n) is 10.3. The maximum Gasteiger partial charge on any atom is 0.416 e. The molecule has 8 nitrogen and oxygen atoms in total. The molecule has 0 heterocycles. The van der Waals surface area contributed by atoms with E-state index in [2.05, 4.69) is 10.0 Å². The second-order valence-corrected chi connectivity index (χ2v) is 13.9. The average molecular weight is 646 g/mol. The predicted molar refractivity (Wildman–Crippen MR) is 164 cm³/mol. The van der Waals surface area contributed by atoms with E-state index in [9.17, 15) is 34.8 Å². The highest BCUT2D eigenvalue weighted by Gasteiger charge is 2.31. The molecule has 4 aromatic carbocycles. The Morgan fingerprint density at radius 2 is 1.39 bits per heavy atom. The Balaban J connectivity index is 1.53. The average Bonchev–Trinajstić information content (AvgIpc) is 2.96. The van der Waals surface area contributed by atoms with E-state index in [1.165, 1.54) is 30.3 Å². The monoisotopic (exact) mass is 645 g/mol. The standard InChI is InChI=1S/C31H30F3N3O5S2/c1-21(2)23-9-13-27(14-10-23)37(44(41,42)29-15-7-22(3)8-16-29)20-30(38)35-25-11-17-28(18-12-25)43(39,40)36-26-6-4-5-24(19-26)31(32,33)34/h4-19,21,36H,20H2,1-3H3,(H,35,38). The predicted octanol–water partition coefficient (Wildman–Crippen LogP) is 6.77. The molecule has 0 unspecified atom stereocenters. The van der Waals surface area contributed by atoms with Gasteiger partial charge >= 0.3 is 6.18 Å². The lowest BCUT2D eigenvalue weighted by Crippen LogP contribution is -2.38. The normalized spacial score (nSPS) is 12.2. The molecule has 2 N–H and O–H groups in total. The third-order valence-electron chi connectivity index (χ3n) is 6.63. The Labute approximate surface area is 254 Å². The Morgan fingerprint density at radius 1 is 0.795 bits per heavy atom. The number of nitrogens with one attached hydrogen (secondary N) is 2. The molecule has 0 spiro atoms. The molecule has 1 amide bonds. The van der Waals surface area contributed by atoms with Crippen LogP contribution in [0.3, 0.4) is 0 Å².